The van der Waals surface area contributed by atoms with Crippen LogP contribution in [0.4, 0.5) is 23.1 Å². The van der Waals surface area contributed by atoms with Crippen LogP contribution in [0.5, 0.6) is 0 Å². The van der Waals surface area contributed by atoms with Crippen molar-refractivity contribution in [3.8, 4) is 0 Å². The third-order valence-electron chi connectivity index (χ3n) is 4.85. The molecule has 0 atom stereocenters. The molecular formula is C22H24N4. The first-order valence-electron chi connectivity index (χ1n) is 9.15. The van der Waals surface area contributed by atoms with E-state index in [0.29, 0.717) is 0 Å². The molecule has 0 radical (unpaired) electrons. The Morgan fingerprint density at radius 2 is 1.81 bits per heavy atom. The number of hydrogen-bond acceptors (Lipinski definition) is 4. The fraction of sp³-hybridized carbons (Fsp3) is 0.273. The van der Waals surface area contributed by atoms with Gasteiger partial charge in [-0.15, -0.1) is 0 Å². The van der Waals surface area contributed by atoms with E-state index in [1.165, 1.54) is 22.4 Å². The van der Waals surface area contributed by atoms with Crippen LogP contribution in [0.3, 0.4) is 0 Å². The summed E-state index contributed by atoms with van der Waals surface area (Å²) in [6, 6.07) is 17.0. The summed E-state index contributed by atoms with van der Waals surface area (Å²) in [5, 5.41) is 3.48. The summed E-state index contributed by atoms with van der Waals surface area (Å²) in [6.45, 7) is 7.18. The van der Waals surface area contributed by atoms with E-state index in [2.05, 4.69) is 66.5 Å². The first-order valence-corrected chi connectivity index (χ1v) is 9.15. The molecular weight excluding hydrogens is 320 g/mol. The van der Waals surface area contributed by atoms with Gasteiger partial charge in [0.05, 0.1) is 0 Å². The fourth-order valence-corrected chi connectivity index (χ4v) is 3.49. The van der Waals surface area contributed by atoms with E-state index in [1.807, 2.05) is 13.0 Å². The maximum atomic E-state index is 4.83. The number of hydrogen-bond donors (Lipinski definition) is 1. The van der Waals surface area contributed by atoms with Gasteiger partial charge in [0.2, 0.25) is 5.95 Å². The van der Waals surface area contributed by atoms with Crippen molar-refractivity contribution in [1.29, 1.82) is 0 Å². The van der Waals surface area contributed by atoms with Gasteiger partial charge in [0, 0.05) is 29.7 Å². The molecule has 1 aromatic heterocycles. The first-order chi connectivity index (χ1) is 12.6. The van der Waals surface area contributed by atoms with Crippen LogP contribution in [-0.4, -0.2) is 16.5 Å². The summed E-state index contributed by atoms with van der Waals surface area (Å²) < 4.78 is 0. The average Bonchev–Trinajstić information content (AvgIpc) is 2.64. The van der Waals surface area contributed by atoms with Gasteiger partial charge in [0.1, 0.15) is 5.82 Å². The number of aryl methyl sites for hydroxylation is 4. The third kappa shape index (κ3) is 3.27. The van der Waals surface area contributed by atoms with E-state index < -0.39 is 0 Å². The van der Waals surface area contributed by atoms with Crippen molar-refractivity contribution in [2.24, 2.45) is 0 Å². The minimum absolute atomic E-state index is 0.768. The second-order valence-electron chi connectivity index (χ2n) is 7.02. The summed E-state index contributed by atoms with van der Waals surface area (Å²) in [5.41, 5.74) is 7.08. The molecule has 0 spiro atoms. The monoisotopic (exact) mass is 344 g/mol. The third-order valence-corrected chi connectivity index (χ3v) is 4.85. The largest absolute Gasteiger partial charge is 0.340 e. The predicted molar refractivity (Wildman–Crippen MR) is 108 cm³/mol. The van der Waals surface area contributed by atoms with Crippen LogP contribution in [0.2, 0.25) is 0 Å². The van der Waals surface area contributed by atoms with Gasteiger partial charge in [-0.05, 0) is 62.4 Å². The molecule has 4 nitrogen and oxygen atoms in total. The number of anilines is 4. The van der Waals surface area contributed by atoms with Crippen molar-refractivity contribution < 1.29 is 0 Å². The van der Waals surface area contributed by atoms with Gasteiger partial charge in [-0.2, -0.15) is 4.98 Å². The Kier molecular flexibility index (Phi) is 4.33. The Hall–Kier alpha value is -2.88. The second-order valence-corrected chi connectivity index (χ2v) is 7.02. The van der Waals surface area contributed by atoms with Gasteiger partial charge in [-0.3, -0.25) is 0 Å². The van der Waals surface area contributed by atoms with Crippen LogP contribution < -0.4 is 10.2 Å². The van der Waals surface area contributed by atoms with Crippen molar-refractivity contribution in [1.82, 2.24) is 9.97 Å². The van der Waals surface area contributed by atoms with Gasteiger partial charge in [0.15, 0.2) is 0 Å². The zero-order valence-corrected chi connectivity index (χ0v) is 15.6. The highest BCUT2D eigenvalue weighted by Crippen LogP contribution is 2.32. The lowest BCUT2D eigenvalue weighted by molar-refractivity contribution is 0.749. The molecule has 1 aliphatic heterocycles. The molecule has 0 saturated heterocycles. The molecule has 0 unspecified atom stereocenters. The lowest BCUT2D eigenvalue weighted by atomic mass is 10.0. The number of rotatable bonds is 3. The Morgan fingerprint density at radius 3 is 2.69 bits per heavy atom. The topological polar surface area (TPSA) is 41.1 Å². The Balaban J connectivity index is 1.70. The van der Waals surface area contributed by atoms with Gasteiger partial charge >= 0.3 is 0 Å². The molecule has 2 heterocycles. The molecule has 0 aliphatic carbocycles. The lowest BCUT2D eigenvalue weighted by Gasteiger charge is -2.29. The highest BCUT2D eigenvalue weighted by Gasteiger charge is 2.20. The molecule has 4 rings (SSSR count). The summed E-state index contributed by atoms with van der Waals surface area (Å²) in [6.07, 6.45) is 2.24. The minimum Gasteiger partial charge on any atom is -0.340 e. The van der Waals surface area contributed by atoms with Crippen molar-refractivity contribution in [2.75, 3.05) is 16.8 Å². The van der Waals surface area contributed by atoms with Crippen LogP contribution in [0.25, 0.3) is 0 Å². The van der Waals surface area contributed by atoms with E-state index in [-0.39, 0.29) is 0 Å². The maximum absolute atomic E-state index is 4.83. The van der Waals surface area contributed by atoms with E-state index in [1.54, 1.807) is 0 Å². The van der Waals surface area contributed by atoms with Gasteiger partial charge in [-0.1, -0.05) is 30.3 Å². The standard InChI is InChI=1S/C22H24N4/c1-15-10-11-16(2)19(13-15)24-21-14-17(3)23-22(25-21)26-12-6-8-18-7-4-5-9-20(18)26/h4-5,7,9-11,13-14H,6,8,12H2,1-3H3,(H,23,24,25). The minimum atomic E-state index is 0.768. The van der Waals surface area contributed by atoms with Gasteiger partial charge in [-0.25, -0.2) is 4.98 Å². The normalized spacial score (nSPS) is 13.4. The summed E-state index contributed by atoms with van der Waals surface area (Å²) in [4.78, 5) is 11.8. The van der Waals surface area contributed by atoms with Crippen molar-refractivity contribution >= 4 is 23.1 Å². The molecule has 0 amide bonds. The highest BCUT2D eigenvalue weighted by molar-refractivity contribution is 5.66. The fourth-order valence-electron chi connectivity index (χ4n) is 3.49. The van der Waals surface area contributed by atoms with Crippen molar-refractivity contribution in [3.63, 3.8) is 0 Å². The zero-order valence-electron chi connectivity index (χ0n) is 15.6. The quantitative estimate of drug-likeness (QED) is 0.706. The molecule has 0 bridgehead atoms. The molecule has 0 fully saturated rings. The molecule has 1 aliphatic rings. The van der Waals surface area contributed by atoms with Gasteiger partial charge in [0.25, 0.3) is 0 Å². The molecule has 132 valence electrons. The zero-order chi connectivity index (χ0) is 18.1. The molecule has 2 aromatic carbocycles. The van der Waals surface area contributed by atoms with E-state index in [9.17, 15) is 0 Å². The maximum Gasteiger partial charge on any atom is 0.232 e. The van der Waals surface area contributed by atoms with E-state index in [4.69, 9.17) is 9.97 Å². The van der Waals surface area contributed by atoms with Gasteiger partial charge < -0.3 is 10.2 Å². The Morgan fingerprint density at radius 1 is 0.962 bits per heavy atom. The Labute approximate surface area is 154 Å². The molecule has 3 aromatic rings. The average molecular weight is 344 g/mol. The van der Waals surface area contributed by atoms with E-state index in [0.717, 1.165) is 42.5 Å². The van der Waals surface area contributed by atoms with Crippen molar-refractivity contribution in [2.45, 2.75) is 33.6 Å². The molecule has 1 N–H and O–H groups in total. The van der Waals surface area contributed by atoms with Crippen molar-refractivity contribution in [3.05, 3.63) is 70.9 Å². The number of aromatic nitrogens is 2. The molecule has 4 heteroatoms. The van der Waals surface area contributed by atoms with Crippen LogP contribution in [-0.2, 0) is 6.42 Å². The molecule has 0 saturated carbocycles. The van der Waals surface area contributed by atoms with Crippen LogP contribution in [0, 0.1) is 20.8 Å². The number of benzene rings is 2. The molecule has 26 heavy (non-hydrogen) atoms. The number of para-hydroxylation sites is 1. The smallest absolute Gasteiger partial charge is 0.232 e. The summed E-state index contributed by atoms with van der Waals surface area (Å²) in [5.74, 6) is 1.61. The first kappa shape index (κ1) is 16.6. The van der Waals surface area contributed by atoms with Crippen LogP contribution in [0.1, 0.15) is 28.8 Å². The lowest BCUT2D eigenvalue weighted by Crippen LogP contribution is -2.26. The van der Waals surface area contributed by atoms with Crippen LogP contribution in [0.15, 0.2) is 48.5 Å². The summed E-state index contributed by atoms with van der Waals surface area (Å²) in [7, 11) is 0. The summed E-state index contributed by atoms with van der Waals surface area (Å²) >= 11 is 0. The number of nitrogens with one attached hydrogen (secondary N) is 1. The van der Waals surface area contributed by atoms with E-state index >= 15 is 0 Å². The predicted octanol–water partition coefficient (Wildman–Crippen LogP) is 5.23. The highest BCUT2D eigenvalue weighted by atomic mass is 15.3. The van der Waals surface area contributed by atoms with Crippen LogP contribution >= 0.6 is 0 Å². The Bertz CT molecular complexity index is 949. The second kappa shape index (κ2) is 6.79. The number of nitrogens with zero attached hydrogens (tertiary/aromatic N) is 3. The number of fused-ring (bicyclic) bond motifs is 1. The SMILES string of the molecule is Cc1ccc(C)c(Nc2cc(C)nc(N3CCCc4ccccc43)n2)c1.